The lowest BCUT2D eigenvalue weighted by Gasteiger charge is -2.49. The SMILES string of the molecule is C1=CC(N2c3ccccc3C3CC([C@@H]4C=CC5=C(C4)C4(C6=C(C=CCC6)Oc6ccccc64)c4cccc(-c6ccccc6)c4O5)C=CC32)=CCC1. The highest BCUT2D eigenvalue weighted by atomic mass is 16.5. The van der Waals surface area contributed by atoms with Crippen LogP contribution < -0.4 is 14.4 Å². The van der Waals surface area contributed by atoms with Crippen LogP contribution in [0.4, 0.5) is 5.69 Å². The van der Waals surface area contributed by atoms with Crippen LogP contribution >= 0.6 is 0 Å². The molecule has 0 N–H and O–H groups in total. The number of nitrogens with zero attached hydrogens (tertiary/aromatic N) is 1. The van der Waals surface area contributed by atoms with E-state index in [0.717, 1.165) is 67.1 Å². The first-order valence-electron chi connectivity index (χ1n) is 19.2. The van der Waals surface area contributed by atoms with Crippen LogP contribution in [0.5, 0.6) is 11.5 Å². The van der Waals surface area contributed by atoms with E-state index >= 15 is 0 Å². The summed E-state index contributed by atoms with van der Waals surface area (Å²) in [7, 11) is 0. The molecule has 3 nitrogen and oxygen atoms in total. The molecule has 11 rings (SSSR count). The van der Waals surface area contributed by atoms with E-state index in [9.17, 15) is 0 Å². The number of rotatable bonds is 3. The van der Waals surface area contributed by atoms with Gasteiger partial charge in [-0.05, 0) is 103 Å². The Balaban J connectivity index is 1.05. The third-order valence-electron chi connectivity index (χ3n) is 12.7. The second-order valence-corrected chi connectivity index (χ2v) is 15.3. The van der Waals surface area contributed by atoms with Gasteiger partial charge < -0.3 is 14.4 Å². The van der Waals surface area contributed by atoms with Crippen molar-refractivity contribution < 1.29 is 9.47 Å². The van der Waals surface area contributed by atoms with E-state index in [0.29, 0.717) is 23.8 Å². The number of para-hydroxylation sites is 3. The van der Waals surface area contributed by atoms with Gasteiger partial charge in [0.05, 0.1) is 11.5 Å². The first-order valence-corrected chi connectivity index (χ1v) is 19.2. The molecule has 5 atom stereocenters. The van der Waals surface area contributed by atoms with Crippen molar-refractivity contribution >= 4 is 5.69 Å². The summed E-state index contributed by atoms with van der Waals surface area (Å²) >= 11 is 0. The lowest BCUT2D eigenvalue weighted by molar-refractivity contribution is 0.317. The van der Waals surface area contributed by atoms with E-state index in [2.05, 4.69) is 157 Å². The Morgan fingerprint density at radius 1 is 0.635 bits per heavy atom. The van der Waals surface area contributed by atoms with Crippen LogP contribution in [0.15, 0.2) is 180 Å². The van der Waals surface area contributed by atoms with Gasteiger partial charge in [-0.3, -0.25) is 0 Å². The van der Waals surface area contributed by atoms with Crippen molar-refractivity contribution in [3.05, 3.63) is 197 Å². The molecule has 4 aliphatic carbocycles. The fourth-order valence-corrected chi connectivity index (χ4v) is 10.5. The number of benzene rings is 4. The standard InChI is InChI=1S/C49H41NO2/c1-3-14-32(15-4-1)36-19-13-22-41-48(36)52-47-29-27-34(31-42(47)49(41)39-20-8-11-24-45(39)51-46-25-12-9-21-40(46)49)33-26-28-44-38(30-33)37-18-7-10-23-43(37)50(44)35-16-5-2-6-17-35/h1,3-5,7-8,10-20,22-29,33-34,38,44H,2,6,9,21,30-31H2/t33?,34-,38?,44?,49?/m1/s1. The molecular formula is C49H41NO2. The maximum atomic E-state index is 7.15. The van der Waals surface area contributed by atoms with Crippen LogP contribution in [0, 0.1) is 11.8 Å². The summed E-state index contributed by atoms with van der Waals surface area (Å²) in [5.74, 6) is 5.12. The Kier molecular flexibility index (Phi) is 6.80. The van der Waals surface area contributed by atoms with Crippen LogP contribution in [-0.2, 0) is 5.41 Å². The Morgan fingerprint density at radius 2 is 1.46 bits per heavy atom. The van der Waals surface area contributed by atoms with E-state index in [1.807, 2.05) is 0 Å². The van der Waals surface area contributed by atoms with Gasteiger partial charge in [0.25, 0.3) is 0 Å². The Bertz CT molecular complexity index is 2350. The van der Waals surface area contributed by atoms with Gasteiger partial charge in [0.1, 0.15) is 23.0 Å². The fourth-order valence-electron chi connectivity index (χ4n) is 10.5. The molecule has 7 aliphatic rings. The molecule has 0 saturated carbocycles. The summed E-state index contributed by atoms with van der Waals surface area (Å²) in [5.41, 5.74) is 11.2. The van der Waals surface area contributed by atoms with Crippen LogP contribution in [-0.4, -0.2) is 6.04 Å². The van der Waals surface area contributed by atoms with Crippen molar-refractivity contribution in [2.24, 2.45) is 11.8 Å². The molecule has 0 fully saturated rings. The van der Waals surface area contributed by atoms with Gasteiger partial charge in [-0.2, -0.15) is 0 Å². The first-order chi connectivity index (χ1) is 25.8. The zero-order valence-corrected chi connectivity index (χ0v) is 29.2. The zero-order valence-electron chi connectivity index (χ0n) is 29.2. The second-order valence-electron chi connectivity index (χ2n) is 15.3. The molecule has 4 aromatic carbocycles. The van der Waals surface area contributed by atoms with E-state index in [4.69, 9.17) is 9.47 Å². The molecule has 254 valence electrons. The van der Waals surface area contributed by atoms with Gasteiger partial charge in [0, 0.05) is 34.0 Å². The van der Waals surface area contributed by atoms with Crippen molar-refractivity contribution in [2.45, 2.75) is 55.9 Å². The molecule has 3 heteroatoms. The third-order valence-corrected chi connectivity index (χ3v) is 12.7. The number of anilines is 1. The highest BCUT2D eigenvalue weighted by molar-refractivity contribution is 5.80. The van der Waals surface area contributed by atoms with Crippen molar-refractivity contribution in [3.8, 4) is 22.6 Å². The molecule has 3 aliphatic heterocycles. The largest absolute Gasteiger partial charge is 0.457 e. The minimum atomic E-state index is -0.483. The molecular weight excluding hydrogens is 635 g/mol. The number of ether oxygens (including phenoxy) is 2. The normalized spacial score (nSPS) is 27.5. The molecule has 4 unspecified atom stereocenters. The zero-order chi connectivity index (χ0) is 34.2. The van der Waals surface area contributed by atoms with Crippen LogP contribution in [0.3, 0.4) is 0 Å². The Hall–Kier alpha value is -5.54. The highest BCUT2D eigenvalue weighted by Crippen LogP contribution is 2.63. The number of fused-ring (bicyclic) bond motifs is 9. The minimum Gasteiger partial charge on any atom is -0.457 e. The average Bonchev–Trinajstić information content (AvgIpc) is 3.55. The van der Waals surface area contributed by atoms with Crippen molar-refractivity contribution in [3.63, 3.8) is 0 Å². The molecule has 0 aromatic heterocycles. The molecule has 52 heavy (non-hydrogen) atoms. The molecule has 0 bridgehead atoms. The van der Waals surface area contributed by atoms with Crippen LogP contribution in [0.1, 0.15) is 61.1 Å². The van der Waals surface area contributed by atoms with E-state index in [1.54, 1.807) is 0 Å². The van der Waals surface area contributed by atoms with Crippen molar-refractivity contribution in [2.75, 3.05) is 4.90 Å². The van der Waals surface area contributed by atoms with Gasteiger partial charge in [-0.15, -0.1) is 0 Å². The monoisotopic (exact) mass is 675 g/mol. The summed E-state index contributed by atoms with van der Waals surface area (Å²) in [6.45, 7) is 0. The maximum Gasteiger partial charge on any atom is 0.140 e. The number of hydrogen-bond donors (Lipinski definition) is 0. The molecule has 0 amide bonds. The second kappa shape index (κ2) is 11.7. The minimum absolute atomic E-state index is 0.349. The van der Waals surface area contributed by atoms with Gasteiger partial charge in [-0.1, -0.05) is 121 Å². The van der Waals surface area contributed by atoms with Gasteiger partial charge in [0.2, 0.25) is 0 Å². The maximum absolute atomic E-state index is 7.15. The first kappa shape index (κ1) is 30.1. The smallest absolute Gasteiger partial charge is 0.140 e. The molecule has 0 saturated heterocycles. The molecule has 1 spiro atoms. The quantitative estimate of drug-likeness (QED) is 0.202. The van der Waals surface area contributed by atoms with Crippen molar-refractivity contribution in [1.29, 1.82) is 0 Å². The van der Waals surface area contributed by atoms with Crippen LogP contribution in [0.2, 0.25) is 0 Å². The lowest BCUT2D eigenvalue weighted by atomic mass is 9.57. The summed E-state index contributed by atoms with van der Waals surface area (Å²) in [6.07, 6.45) is 27.7. The predicted molar refractivity (Wildman–Crippen MR) is 209 cm³/mol. The topological polar surface area (TPSA) is 21.7 Å². The van der Waals surface area contributed by atoms with Gasteiger partial charge >= 0.3 is 0 Å². The van der Waals surface area contributed by atoms with Gasteiger partial charge in [0.15, 0.2) is 0 Å². The molecule has 0 radical (unpaired) electrons. The van der Waals surface area contributed by atoms with Crippen LogP contribution in [0.25, 0.3) is 11.1 Å². The summed E-state index contributed by atoms with van der Waals surface area (Å²) in [5, 5.41) is 0. The Labute approximate surface area is 306 Å². The summed E-state index contributed by atoms with van der Waals surface area (Å²) in [6, 6.07) is 35.7. The summed E-state index contributed by atoms with van der Waals surface area (Å²) in [4.78, 5) is 2.61. The molecule has 4 aromatic rings. The third kappa shape index (κ3) is 4.32. The number of allylic oxidation sites excluding steroid dienone is 10. The average molecular weight is 676 g/mol. The molecule has 3 heterocycles. The number of hydrogen-bond acceptors (Lipinski definition) is 3. The summed E-state index contributed by atoms with van der Waals surface area (Å²) < 4.78 is 13.9. The Morgan fingerprint density at radius 3 is 2.38 bits per heavy atom. The van der Waals surface area contributed by atoms with E-state index < -0.39 is 5.41 Å². The predicted octanol–water partition coefficient (Wildman–Crippen LogP) is 11.6. The van der Waals surface area contributed by atoms with Crippen molar-refractivity contribution in [1.82, 2.24) is 0 Å². The van der Waals surface area contributed by atoms with E-state index in [1.165, 1.54) is 44.8 Å². The lowest BCUT2D eigenvalue weighted by Crippen LogP contribution is -2.43. The van der Waals surface area contributed by atoms with E-state index in [-0.39, 0.29) is 0 Å². The fraction of sp³-hybridized carbons (Fsp3) is 0.224. The van der Waals surface area contributed by atoms with Gasteiger partial charge in [-0.25, -0.2) is 0 Å². The highest BCUT2D eigenvalue weighted by Gasteiger charge is 2.54.